The molecule has 1 aromatic rings. The Morgan fingerprint density at radius 1 is 1.43 bits per heavy atom. The Bertz CT molecular complexity index is 398. The monoisotopic (exact) mass is 218 g/mol. The predicted molar refractivity (Wildman–Crippen MR) is 49.3 cm³/mol. The molecule has 0 fully saturated rings. The number of hydrogen-bond acceptors (Lipinski definition) is 4. The van der Waals surface area contributed by atoms with E-state index >= 15 is 0 Å². The third kappa shape index (κ3) is 3.73. The molecule has 0 aliphatic carbocycles. The van der Waals surface area contributed by atoms with E-state index < -0.39 is 10.4 Å². The molecule has 5 nitrogen and oxygen atoms in total. The average Bonchev–Trinajstić information content (AvgIpc) is 2.14. The number of hydrogen-bond donors (Lipinski definition) is 1. The van der Waals surface area contributed by atoms with Gasteiger partial charge >= 0.3 is 10.4 Å². The van der Waals surface area contributed by atoms with Crippen LogP contribution in [-0.2, 0) is 21.2 Å². The van der Waals surface area contributed by atoms with E-state index in [1.165, 1.54) is 7.11 Å². The van der Waals surface area contributed by atoms with E-state index in [0.717, 1.165) is 0 Å². The van der Waals surface area contributed by atoms with Crippen LogP contribution in [0.1, 0.15) is 5.56 Å². The van der Waals surface area contributed by atoms with Gasteiger partial charge in [0.05, 0.1) is 13.7 Å². The zero-order chi connectivity index (χ0) is 10.6. The molecule has 0 saturated carbocycles. The second-order valence-electron chi connectivity index (χ2n) is 2.54. The Balaban J connectivity index is 2.68. The van der Waals surface area contributed by atoms with Crippen LogP contribution in [-0.4, -0.2) is 20.1 Å². The van der Waals surface area contributed by atoms with E-state index in [1.54, 1.807) is 24.3 Å². The first-order valence-corrected chi connectivity index (χ1v) is 5.12. The summed E-state index contributed by atoms with van der Waals surface area (Å²) in [6.45, 7) is -0.212. The molecule has 0 aliphatic rings. The number of benzene rings is 1. The molecule has 1 aromatic carbocycles. The summed E-state index contributed by atoms with van der Waals surface area (Å²) in [6.07, 6.45) is 0. The van der Waals surface area contributed by atoms with E-state index in [-0.39, 0.29) is 6.61 Å². The first kappa shape index (κ1) is 11.0. The Kier molecular flexibility index (Phi) is 3.45. The Hall–Kier alpha value is -1.11. The molecule has 0 radical (unpaired) electrons. The van der Waals surface area contributed by atoms with Crippen molar-refractivity contribution >= 4 is 10.4 Å². The molecule has 0 bridgehead atoms. The molecule has 14 heavy (non-hydrogen) atoms. The molecule has 0 amide bonds. The van der Waals surface area contributed by atoms with Crippen molar-refractivity contribution in [2.24, 2.45) is 0 Å². The number of methoxy groups -OCH3 is 1. The van der Waals surface area contributed by atoms with Gasteiger partial charge in [-0.1, -0.05) is 12.1 Å². The summed E-state index contributed by atoms with van der Waals surface area (Å²) >= 11 is 0. The van der Waals surface area contributed by atoms with Gasteiger partial charge in [-0.25, -0.2) is 4.18 Å². The largest absolute Gasteiger partial charge is 0.497 e. The lowest BCUT2D eigenvalue weighted by molar-refractivity contribution is 0.259. The van der Waals surface area contributed by atoms with Gasteiger partial charge in [-0.3, -0.25) is 4.55 Å². The highest BCUT2D eigenvalue weighted by atomic mass is 32.3. The standard InChI is InChI=1S/C8H10O5S/c1-12-8-4-2-3-7(5-8)6-13-14(9,10)11/h2-5H,6H2,1H3,(H,9,10,11). The van der Waals surface area contributed by atoms with Crippen molar-refractivity contribution in [3.05, 3.63) is 29.8 Å². The lowest BCUT2D eigenvalue weighted by Gasteiger charge is -2.03. The quantitative estimate of drug-likeness (QED) is 0.763. The molecule has 1 rings (SSSR count). The Morgan fingerprint density at radius 2 is 2.14 bits per heavy atom. The first-order valence-electron chi connectivity index (χ1n) is 3.76. The summed E-state index contributed by atoms with van der Waals surface area (Å²) in [5.41, 5.74) is 0.599. The van der Waals surface area contributed by atoms with Gasteiger partial charge in [0.15, 0.2) is 0 Å². The highest BCUT2D eigenvalue weighted by Gasteiger charge is 2.04. The number of ether oxygens (including phenoxy) is 1. The van der Waals surface area contributed by atoms with Gasteiger partial charge in [-0.2, -0.15) is 8.42 Å². The van der Waals surface area contributed by atoms with E-state index in [1.807, 2.05) is 0 Å². The molecule has 0 spiro atoms. The zero-order valence-electron chi connectivity index (χ0n) is 7.50. The lowest BCUT2D eigenvalue weighted by atomic mass is 10.2. The van der Waals surface area contributed by atoms with Crippen molar-refractivity contribution in [2.45, 2.75) is 6.61 Å². The van der Waals surface area contributed by atoms with Gasteiger partial charge < -0.3 is 4.74 Å². The number of rotatable bonds is 4. The maximum atomic E-state index is 10.3. The average molecular weight is 218 g/mol. The second-order valence-corrected chi connectivity index (χ2v) is 3.63. The molecule has 0 aromatic heterocycles. The van der Waals surface area contributed by atoms with Crippen LogP contribution in [0.3, 0.4) is 0 Å². The summed E-state index contributed by atoms with van der Waals surface area (Å²) in [4.78, 5) is 0. The van der Waals surface area contributed by atoms with Gasteiger partial charge in [0.2, 0.25) is 0 Å². The summed E-state index contributed by atoms with van der Waals surface area (Å²) in [7, 11) is -2.88. The summed E-state index contributed by atoms with van der Waals surface area (Å²) < 4.78 is 38.0. The van der Waals surface area contributed by atoms with Crippen LogP contribution in [0.5, 0.6) is 5.75 Å². The predicted octanol–water partition coefficient (Wildman–Crippen LogP) is 1.01. The van der Waals surface area contributed by atoms with Crippen molar-refractivity contribution in [3.8, 4) is 5.75 Å². The fraction of sp³-hybridized carbons (Fsp3) is 0.250. The van der Waals surface area contributed by atoms with Gasteiger partial charge in [0.25, 0.3) is 0 Å². The van der Waals surface area contributed by atoms with Crippen LogP contribution >= 0.6 is 0 Å². The summed E-state index contributed by atoms with van der Waals surface area (Å²) in [5, 5.41) is 0. The normalized spacial score (nSPS) is 11.3. The summed E-state index contributed by atoms with van der Waals surface area (Å²) in [6, 6.07) is 6.69. The van der Waals surface area contributed by atoms with Crippen LogP contribution in [0.2, 0.25) is 0 Å². The molecule has 1 N–H and O–H groups in total. The highest BCUT2D eigenvalue weighted by molar-refractivity contribution is 7.80. The molecule has 6 heteroatoms. The van der Waals surface area contributed by atoms with Crippen molar-refractivity contribution in [2.75, 3.05) is 7.11 Å². The first-order chi connectivity index (χ1) is 6.51. The van der Waals surface area contributed by atoms with Crippen LogP contribution in [0.4, 0.5) is 0 Å². The van der Waals surface area contributed by atoms with Crippen molar-refractivity contribution < 1.29 is 21.9 Å². The third-order valence-corrected chi connectivity index (χ3v) is 1.92. The fourth-order valence-electron chi connectivity index (χ4n) is 0.905. The molecule has 0 heterocycles. The molecular formula is C8H10O5S. The fourth-order valence-corrected chi connectivity index (χ4v) is 1.19. The van der Waals surface area contributed by atoms with Gasteiger partial charge in [-0.15, -0.1) is 0 Å². The molecule has 0 saturated heterocycles. The topological polar surface area (TPSA) is 72.8 Å². The highest BCUT2D eigenvalue weighted by Crippen LogP contribution is 2.13. The van der Waals surface area contributed by atoms with Gasteiger partial charge in [0, 0.05) is 0 Å². The zero-order valence-corrected chi connectivity index (χ0v) is 8.32. The van der Waals surface area contributed by atoms with Crippen LogP contribution in [0, 0.1) is 0 Å². The maximum absolute atomic E-state index is 10.3. The van der Waals surface area contributed by atoms with Gasteiger partial charge in [-0.05, 0) is 17.7 Å². The SMILES string of the molecule is COc1cccc(COS(=O)(=O)O)c1. The van der Waals surface area contributed by atoms with Crippen LogP contribution < -0.4 is 4.74 Å². The van der Waals surface area contributed by atoms with E-state index in [2.05, 4.69) is 4.18 Å². The Morgan fingerprint density at radius 3 is 2.71 bits per heavy atom. The minimum atomic E-state index is -4.38. The molecule has 78 valence electrons. The van der Waals surface area contributed by atoms with E-state index in [4.69, 9.17) is 9.29 Å². The van der Waals surface area contributed by atoms with E-state index in [0.29, 0.717) is 11.3 Å². The van der Waals surface area contributed by atoms with E-state index in [9.17, 15) is 8.42 Å². The van der Waals surface area contributed by atoms with Crippen molar-refractivity contribution in [3.63, 3.8) is 0 Å². The lowest BCUT2D eigenvalue weighted by Crippen LogP contribution is -2.03. The smallest absolute Gasteiger partial charge is 0.397 e. The van der Waals surface area contributed by atoms with Crippen molar-refractivity contribution in [1.82, 2.24) is 0 Å². The van der Waals surface area contributed by atoms with Crippen molar-refractivity contribution in [1.29, 1.82) is 0 Å². The second kappa shape index (κ2) is 4.41. The van der Waals surface area contributed by atoms with Crippen LogP contribution in [0.25, 0.3) is 0 Å². The minimum absolute atomic E-state index is 0.212. The minimum Gasteiger partial charge on any atom is -0.497 e. The van der Waals surface area contributed by atoms with Gasteiger partial charge in [0.1, 0.15) is 5.75 Å². The molecule has 0 atom stereocenters. The molecule has 0 unspecified atom stereocenters. The molecular weight excluding hydrogens is 208 g/mol. The summed E-state index contributed by atoms with van der Waals surface area (Å²) in [5.74, 6) is 0.599. The maximum Gasteiger partial charge on any atom is 0.397 e. The Labute approximate surface area is 82.2 Å². The van der Waals surface area contributed by atoms with Crippen LogP contribution in [0.15, 0.2) is 24.3 Å². The molecule has 0 aliphatic heterocycles. The third-order valence-electron chi connectivity index (χ3n) is 1.51.